The second-order valence-corrected chi connectivity index (χ2v) is 6.72. The maximum absolute atomic E-state index is 5.20. The number of allylic oxidation sites excluding steroid dienone is 1. The predicted octanol–water partition coefficient (Wildman–Crippen LogP) is 6.43. The van der Waals surface area contributed by atoms with Crippen molar-refractivity contribution in [2.24, 2.45) is 4.99 Å². The van der Waals surface area contributed by atoms with Gasteiger partial charge in [0.2, 0.25) is 0 Å². The van der Waals surface area contributed by atoms with Crippen LogP contribution in [0.2, 0.25) is 0 Å². The Morgan fingerprint density at radius 2 is 1.58 bits per heavy atom. The Labute approximate surface area is 159 Å². The van der Waals surface area contributed by atoms with Crippen LogP contribution in [0.4, 0.5) is 5.69 Å². The molecule has 3 rings (SSSR count). The van der Waals surface area contributed by atoms with Gasteiger partial charge >= 0.3 is 0 Å². The monoisotopic (exact) mass is 359 g/mol. The van der Waals surface area contributed by atoms with E-state index >= 15 is 0 Å². The molecule has 130 valence electrons. The molecule has 0 unspecified atom stereocenters. The van der Waals surface area contributed by atoms with E-state index in [4.69, 9.17) is 9.73 Å². The number of aryl methyl sites for hydroxylation is 1. The lowest BCUT2D eigenvalue weighted by molar-refractivity contribution is 0.414. The molecule has 0 heterocycles. The van der Waals surface area contributed by atoms with Gasteiger partial charge in [-0.05, 0) is 60.4 Å². The van der Waals surface area contributed by atoms with Crippen LogP contribution < -0.4 is 4.74 Å². The highest BCUT2D eigenvalue weighted by Gasteiger charge is 2.04. The highest BCUT2D eigenvalue weighted by molar-refractivity contribution is 8.02. The van der Waals surface area contributed by atoms with Gasteiger partial charge in [-0.15, -0.1) is 0 Å². The molecule has 0 spiro atoms. The van der Waals surface area contributed by atoms with Gasteiger partial charge in [0, 0.05) is 10.5 Å². The molecule has 3 aromatic carbocycles. The zero-order valence-corrected chi connectivity index (χ0v) is 15.7. The number of para-hydroxylation sites is 1. The second kappa shape index (κ2) is 9.07. The molecular formula is C23H21NOS. The predicted molar refractivity (Wildman–Crippen MR) is 112 cm³/mol. The van der Waals surface area contributed by atoms with Gasteiger partial charge in [-0.1, -0.05) is 54.2 Å². The van der Waals surface area contributed by atoms with Crippen molar-refractivity contribution in [2.45, 2.75) is 11.8 Å². The van der Waals surface area contributed by atoms with E-state index in [0.29, 0.717) is 0 Å². The fourth-order valence-corrected chi connectivity index (χ4v) is 3.17. The molecule has 3 aromatic rings. The van der Waals surface area contributed by atoms with Crippen LogP contribution in [0.3, 0.4) is 0 Å². The van der Waals surface area contributed by atoms with Gasteiger partial charge in [-0.3, -0.25) is 0 Å². The molecule has 0 amide bonds. The van der Waals surface area contributed by atoms with Crippen LogP contribution in [0, 0.1) is 6.92 Å². The number of thioether (sulfide) groups is 1. The van der Waals surface area contributed by atoms with Crippen molar-refractivity contribution in [3.05, 3.63) is 101 Å². The van der Waals surface area contributed by atoms with E-state index in [1.54, 1.807) is 18.9 Å². The molecular weight excluding hydrogens is 338 g/mol. The van der Waals surface area contributed by atoms with E-state index in [0.717, 1.165) is 27.6 Å². The topological polar surface area (TPSA) is 21.6 Å². The first kappa shape index (κ1) is 18.0. The summed E-state index contributed by atoms with van der Waals surface area (Å²) in [6.07, 6.45) is 2.07. The minimum atomic E-state index is 0.865. The van der Waals surface area contributed by atoms with Crippen molar-refractivity contribution in [1.29, 1.82) is 0 Å². The average molecular weight is 359 g/mol. The number of nitrogens with zero attached hydrogens (tertiary/aromatic N) is 1. The van der Waals surface area contributed by atoms with Crippen LogP contribution in [-0.4, -0.2) is 12.8 Å². The first-order valence-corrected chi connectivity index (χ1v) is 9.31. The Kier molecular flexibility index (Phi) is 6.29. The summed E-state index contributed by atoms with van der Waals surface area (Å²) in [5.74, 6) is 0.865. The molecule has 0 aliphatic rings. The fourth-order valence-electron chi connectivity index (χ4n) is 2.52. The first-order chi connectivity index (χ1) is 12.8. The van der Waals surface area contributed by atoms with Crippen LogP contribution in [-0.2, 0) is 0 Å². The van der Waals surface area contributed by atoms with Crippen LogP contribution >= 0.6 is 11.8 Å². The van der Waals surface area contributed by atoms with Crippen molar-refractivity contribution in [3.63, 3.8) is 0 Å². The third-order valence-electron chi connectivity index (χ3n) is 3.92. The summed E-state index contributed by atoms with van der Waals surface area (Å²) in [6.45, 7) is 2.11. The van der Waals surface area contributed by atoms with Gasteiger partial charge in [-0.25, -0.2) is 4.99 Å². The van der Waals surface area contributed by atoms with Gasteiger partial charge in [0.1, 0.15) is 5.75 Å². The minimum absolute atomic E-state index is 0.865. The first-order valence-electron chi connectivity index (χ1n) is 8.43. The van der Waals surface area contributed by atoms with Gasteiger partial charge in [-0.2, -0.15) is 0 Å². The number of hydrogen-bond acceptors (Lipinski definition) is 3. The molecule has 0 atom stereocenters. The third kappa shape index (κ3) is 4.87. The maximum Gasteiger partial charge on any atom is 0.118 e. The zero-order chi connectivity index (χ0) is 18.2. The van der Waals surface area contributed by atoms with Gasteiger partial charge < -0.3 is 4.74 Å². The molecule has 0 N–H and O–H groups in total. The van der Waals surface area contributed by atoms with E-state index in [-0.39, 0.29) is 0 Å². The summed E-state index contributed by atoms with van der Waals surface area (Å²) in [6, 6.07) is 26.4. The molecule has 0 fully saturated rings. The van der Waals surface area contributed by atoms with Gasteiger partial charge in [0.15, 0.2) is 0 Å². The Morgan fingerprint density at radius 1 is 0.885 bits per heavy atom. The minimum Gasteiger partial charge on any atom is -0.497 e. The molecule has 3 heteroatoms. The van der Waals surface area contributed by atoms with E-state index in [2.05, 4.69) is 48.7 Å². The standard InChI is InChI=1S/C23H21NOS/c1-18-8-6-7-11-22(18)23(24-19-9-4-3-5-10-19)16-17-26-21-14-12-20(25-2)13-15-21/h3-17H,1-2H3. The van der Waals surface area contributed by atoms with E-state index in [1.807, 2.05) is 48.5 Å². The largest absolute Gasteiger partial charge is 0.497 e. The molecule has 2 nitrogen and oxygen atoms in total. The summed E-state index contributed by atoms with van der Waals surface area (Å²) in [5.41, 5.74) is 4.25. The highest BCUT2D eigenvalue weighted by atomic mass is 32.2. The lowest BCUT2D eigenvalue weighted by Crippen LogP contribution is -1.99. The normalized spacial score (nSPS) is 11.7. The summed E-state index contributed by atoms with van der Waals surface area (Å²) in [7, 11) is 1.68. The fraction of sp³-hybridized carbons (Fsp3) is 0.0870. The third-order valence-corrected chi connectivity index (χ3v) is 4.73. The number of benzene rings is 3. The molecule has 0 aliphatic carbocycles. The Balaban J connectivity index is 1.86. The number of ether oxygens (including phenoxy) is 1. The smallest absolute Gasteiger partial charge is 0.118 e. The molecule has 0 aliphatic heterocycles. The lowest BCUT2D eigenvalue weighted by atomic mass is 10.0. The number of rotatable bonds is 6. The maximum atomic E-state index is 5.20. The molecule has 0 radical (unpaired) electrons. The molecule has 26 heavy (non-hydrogen) atoms. The average Bonchev–Trinajstić information content (AvgIpc) is 2.69. The quantitative estimate of drug-likeness (QED) is 0.373. The van der Waals surface area contributed by atoms with Crippen LogP contribution in [0.5, 0.6) is 5.75 Å². The summed E-state index contributed by atoms with van der Waals surface area (Å²) >= 11 is 1.66. The Hall–Kier alpha value is -2.78. The van der Waals surface area contributed by atoms with Gasteiger partial charge in [0.25, 0.3) is 0 Å². The molecule has 0 saturated carbocycles. The molecule has 0 bridgehead atoms. The van der Waals surface area contributed by atoms with E-state index in [9.17, 15) is 0 Å². The Morgan fingerprint density at radius 3 is 2.27 bits per heavy atom. The van der Waals surface area contributed by atoms with Crippen LogP contribution in [0.15, 0.2) is 100 Å². The van der Waals surface area contributed by atoms with Gasteiger partial charge in [0.05, 0.1) is 18.5 Å². The summed E-state index contributed by atoms with van der Waals surface area (Å²) < 4.78 is 5.20. The second-order valence-electron chi connectivity index (χ2n) is 5.74. The lowest BCUT2D eigenvalue weighted by Gasteiger charge is -2.06. The van der Waals surface area contributed by atoms with Crippen molar-refractivity contribution < 1.29 is 4.74 Å². The van der Waals surface area contributed by atoms with E-state index in [1.165, 1.54) is 5.56 Å². The summed E-state index contributed by atoms with van der Waals surface area (Å²) in [5, 5.41) is 2.08. The van der Waals surface area contributed by atoms with Crippen LogP contribution in [0.25, 0.3) is 0 Å². The number of hydrogen-bond donors (Lipinski definition) is 0. The molecule has 0 saturated heterocycles. The SMILES string of the molecule is COc1ccc(SC=CC(=Nc2ccccc2)c2ccccc2C)cc1. The van der Waals surface area contributed by atoms with E-state index < -0.39 is 0 Å². The van der Waals surface area contributed by atoms with Crippen molar-refractivity contribution >= 4 is 23.2 Å². The van der Waals surface area contributed by atoms with Crippen LogP contribution in [0.1, 0.15) is 11.1 Å². The summed E-state index contributed by atoms with van der Waals surface area (Å²) in [4.78, 5) is 6.00. The highest BCUT2D eigenvalue weighted by Crippen LogP contribution is 2.23. The van der Waals surface area contributed by atoms with Crippen molar-refractivity contribution in [3.8, 4) is 5.75 Å². The molecule has 0 aromatic heterocycles. The zero-order valence-electron chi connectivity index (χ0n) is 14.9. The van der Waals surface area contributed by atoms with Crippen molar-refractivity contribution in [2.75, 3.05) is 7.11 Å². The number of methoxy groups -OCH3 is 1. The van der Waals surface area contributed by atoms with Crippen molar-refractivity contribution in [1.82, 2.24) is 0 Å². The Bertz CT molecular complexity index is 899. The number of aliphatic imine (C=N–C) groups is 1.